The van der Waals surface area contributed by atoms with Crippen LogP contribution >= 0.6 is 0 Å². The third-order valence-corrected chi connectivity index (χ3v) is 8.51. The third-order valence-electron chi connectivity index (χ3n) is 8.51. The molecule has 6 aromatic rings. The van der Waals surface area contributed by atoms with Gasteiger partial charge in [-0.3, -0.25) is 19.8 Å². The molecule has 0 radical (unpaired) electrons. The molecule has 0 amide bonds. The molecule has 6 nitrogen and oxygen atoms in total. The molecule has 40 heavy (non-hydrogen) atoms. The quantitative estimate of drug-likeness (QED) is 0.258. The van der Waals surface area contributed by atoms with E-state index in [1.165, 1.54) is 55.4 Å². The van der Waals surface area contributed by atoms with Gasteiger partial charge in [0, 0.05) is 95.3 Å². The molecular formula is C34H34N6. The number of pyridine rings is 2. The smallest absolute Gasteiger partial charge is 0.0641 e. The standard InChI is InChI=1S/C34H34N6/c1-23-31(27-11-3-5-13-29(27)37-23)33(25-9-7-15-35-21-25)39-17-19-40(20-18-39)34(26-10-8-16-36-22-26)32-24(2)38-30-14-6-4-12-28(30)32/h3-16,21-22,33-34,37-38H,17-20H2,1-2H3. The lowest BCUT2D eigenvalue weighted by Crippen LogP contribution is -2.49. The lowest BCUT2D eigenvalue weighted by molar-refractivity contribution is 0.0901. The summed E-state index contributed by atoms with van der Waals surface area (Å²) in [6, 6.07) is 26.1. The average molecular weight is 527 g/mol. The first-order chi connectivity index (χ1) is 19.7. The zero-order valence-corrected chi connectivity index (χ0v) is 23.0. The fourth-order valence-electron chi connectivity index (χ4n) is 6.75. The predicted molar refractivity (Wildman–Crippen MR) is 161 cm³/mol. The Morgan fingerprint density at radius 3 is 1.40 bits per heavy atom. The van der Waals surface area contributed by atoms with E-state index in [-0.39, 0.29) is 12.1 Å². The van der Waals surface area contributed by atoms with Crippen molar-refractivity contribution in [1.29, 1.82) is 0 Å². The van der Waals surface area contributed by atoms with Gasteiger partial charge in [-0.2, -0.15) is 0 Å². The van der Waals surface area contributed by atoms with Crippen molar-refractivity contribution >= 4 is 21.8 Å². The van der Waals surface area contributed by atoms with Gasteiger partial charge in [0.05, 0.1) is 12.1 Å². The summed E-state index contributed by atoms with van der Waals surface area (Å²) >= 11 is 0. The van der Waals surface area contributed by atoms with Crippen molar-refractivity contribution in [2.24, 2.45) is 0 Å². The Morgan fingerprint density at radius 1 is 0.575 bits per heavy atom. The molecule has 1 saturated heterocycles. The Labute approximate surface area is 234 Å². The van der Waals surface area contributed by atoms with E-state index >= 15 is 0 Å². The van der Waals surface area contributed by atoms with Crippen molar-refractivity contribution < 1.29 is 0 Å². The zero-order valence-electron chi connectivity index (χ0n) is 23.0. The summed E-state index contributed by atoms with van der Waals surface area (Å²) in [4.78, 5) is 21.6. The van der Waals surface area contributed by atoms with Gasteiger partial charge >= 0.3 is 0 Å². The van der Waals surface area contributed by atoms with E-state index < -0.39 is 0 Å². The van der Waals surface area contributed by atoms with Crippen molar-refractivity contribution in [3.05, 3.63) is 131 Å². The Balaban J connectivity index is 1.25. The van der Waals surface area contributed by atoms with Crippen LogP contribution in [0.2, 0.25) is 0 Å². The van der Waals surface area contributed by atoms with Gasteiger partial charge in [0.1, 0.15) is 0 Å². The summed E-state index contributed by atoms with van der Waals surface area (Å²) in [5.41, 5.74) is 10.0. The van der Waals surface area contributed by atoms with Crippen molar-refractivity contribution in [3.63, 3.8) is 0 Å². The highest BCUT2D eigenvalue weighted by molar-refractivity contribution is 5.86. The molecule has 6 heteroatoms. The molecule has 0 aliphatic carbocycles. The van der Waals surface area contributed by atoms with Crippen LogP contribution < -0.4 is 0 Å². The second-order valence-corrected chi connectivity index (χ2v) is 10.9. The highest BCUT2D eigenvalue weighted by Crippen LogP contribution is 2.39. The minimum Gasteiger partial charge on any atom is -0.358 e. The van der Waals surface area contributed by atoms with Crippen molar-refractivity contribution in [3.8, 4) is 0 Å². The van der Waals surface area contributed by atoms with Crippen molar-refractivity contribution in [2.75, 3.05) is 26.2 Å². The number of nitrogens with one attached hydrogen (secondary N) is 2. The number of fused-ring (bicyclic) bond motifs is 2. The Morgan fingerprint density at radius 2 is 1.00 bits per heavy atom. The lowest BCUT2D eigenvalue weighted by atomic mass is 9.93. The van der Waals surface area contributed by atoms with Crippen LogP contribution in [0.5, 0.6) is 0 Å². The van der Waals surface area contributed by atoms with Crippen LogP contribution in [-0.2, 0) is 0 Å². The van der Waals surface area contributed by atoms with Crippen LogP contribution in [-0.4, -0.2) is 55.9 Å². The van der Waals surface area contributed by atoms with Gasteiger partial charge in [-0.05, 0) is 49.2 Å². The molecule has 7 rings (SSSR count). The Hall–Kier alpha value is -4.26. The van der Waals surface area contributed by atoms with Gasteiger partial charge in [0.25, 0.3) is 0 Å². The number of aromatic amines is 2. The minimum absolute atomic E-state index is 0.138. The van der Waals surface area contributed by atoms with Crippen LogP contribution in [0.1, 0.15) is 45.7 Å². The summed E-state index contributed by atoms with van der Waals surface area (Å²) in [6.45, 7) is 8.22. The van der Waals surface area contributed by atoms with Gasteiger partial charge in [-0.1, -0.05) is 48.5 Å². The molecule has 0 bridgehead atoms. The van der Waals surface area contributed by atoms with Gasteiger partial charge in [0.15, 0.2) is 0 Å². The molecule has 1 aliphatic heterocycles. The number of H-pyrrole nitrogens is 2. The zero-order chi connectivity index (χ0) is 27.1. The molecule has 1 aliphatic rings. The van der Waals surface area contributed by atoms with E-state index in [4.69, 9.17) is 0 Å². The molecular weight excluding hydrogens is 492 g/mol. The molecule has 2 aromatic carbocycles. The molecule has 200 valence electrons. The number of para-hydroxylation sites is 2. The van der Waals surface area contributed by atoms with Gasteiger partial charge in [0.2, 0.25) is 0 Å². The normalized spacial score (nSPS) is 16.4. The number of rotatable bonds is 6. The van der Waals surface area contributed by atoms with E-state index in [1.807, 2.05) is 24.8 Å². The summed E-state index contributed by atoms with van der Waals surface area (Å²) in [6.07, 6.45) is 7.79. The van der Waals surface area contributed by atoms with Gasteiger partial charge in [-0.15, -0.1) is 0 Å². The van der Waals surface area contributed by atoms with E-state index in [9.17, 15) is 0 Å². The fourth-order valence-corrected chi connectivity index (χ4v) is 6.75. The fraction of sp³-hybridized carbons (Fsp3) is 0.235. The monoisotopic (exact) mass is 526 g/mol. The highest BCUT2D eigenvalue weighted by atomic mass is 15.3. The maximum atomic E-state index is 4.52. The highest BCUT2D eigenvalue weighted by Gasteiger charge is 2.34. The van der Waals surface area contributed by atoms with E-state index in [0.717, 1.165) is 26.2 Å². The molecule has 0 saturated carbocycles. The first kappa shape index (κ1) is 24.8. The number of nitrogens with zero attached hydrogens (tertiary/aromatic N) is 4. The molecule has 0 spiro atoms. The third kappa shape index (κ3) is 4.30. The second-order valence-electron chi connectivity index (χ2n) is 10.9. The molecule has 1 fully saturated rings. The van der Waals surface area contributed by atoms with Crippen LogP contribution in [0.25, 0.3) is 21.8 Å². The molecule has 5 heterocycles. The first-order valence-electron chi connectivity index (χ1n) is 14.1. The van der Waals surface area contributed by atoms with E-state index in [0.29, 0.717) is 0 Å². The number of hydrogen-bond donors (Lipinski definition) is 2. The lowest BCUT2D eigenvalue weighted by Gasteiger charge is -2.43. The number of aryl methyl sites for hydroxylation is 2. The SMILES string of the molecule is Cc1[nH]c2ccccc2c1C(c1cccnc1)N1CCN(C(c2cccnc2)c2c(C)[nH]c3ccccc23)CC1. The molecule has 2 N–H and O–H groups in total. The predicted octanol–water partition coefficient (Wildman–Crippen LogP) is 6.55. The average Bonchev–Trinajstić information content (AvgIpc) is 3.51. The number of piperazine rings is 1. The van der Waals surface area contributed by atoms with Crippen LogP contribution in [0.15, 0.2) is 97.6 Å². The molecule has 2 atom stereocenters. The second kappa shape index (κ2) is 10.4. The number of aromatic nitrogens is 4. The largest absolute Gasteiger partial charge is 0.358 e. The molecule has 4 aromatic heterocycles. The van der Waals surface area contributed by atoms with Crippen LogP contribution in [0, 0.1) is 13.8 Å². The van der Waals surface area contributed by atoms with E-state index in [1.54, 1.807) is 0 Å². The Kier molecular flexibility index (Phi) is 6.42. The maximum Gasteiger partial charge on any atom is 0.0641 e. The molecule has 2 unspecified atom stereocenters. The van der Waals surface area contributed by atoms with E-state index in [2.05, 4.69) is 116 Å². The van der Waals surface area contributed by atoms with Crippen molar-refractivity contribution in [2.45, 2.75) is 25.9 Å². The summed E-state index contributed by atoms with van der Waals surface area (Å²) in [5.74, 6) is 0. The first-order valence-corrected chi connectivity index (χ1v) is 14.1. The number of hydrogen-bond acceptors (Lipinski definition) is 4. The summed E-state index contributed by atoms with van der Waals surface area (Å²) in [5, 5.41) is 2.58. The number of benzene rings is 2. The topological polar surface area (TPSA) is 63.8 Å². The summed E-state index contributed by atoms with van der Waals surface area (Å²) in [7, 11) is 0. The van der Waals surface area contributed by atoms with Crippen LogP contribution in [0.3, 0.4) is 0 Å². The van der Waals surface area contributed by atoms with Crippen LogP contribution in [0.4, 0.5) is 0 Å². The van der Waals surface area contributed by atoms with Crippen molar-refractivity contribution in [1.82, 2.24) is 29.7 Å². The van der Waals surface area contributed by atoms with Gasteiger partial charge in [-0.25, -0.2) is 0 Å². The summed E-state index contributed by atoms with van der Waals surface area (Å²) < 4.78 is 0. The van der Waals surface area contributed by atoms with Gasteiger partial charge < -0.3 is 9.97 Å². The maximum absolute atomic E-state index is 4.52. The minimum atomic E-state index is 0.138. The Bertz CT molecular complexity index is 1610.